The van der Waals surface area contributed by atoms with Crippen LogP contribution in [0.3, 0.4) is 0 Å². The van der Waals surface area contributed by atoms with Crippen molar-refractivity contribution in [3.63, 3.8) is 0 Å². The van der Waals surface area contributed by atoms with Crippen LogP contribution in [-0.4, -0.2) is 46.0 Å². The van der Waals surface area contributed by atoms with Crippen molar-refractivity contribution in [3.8, 4) is 0 Å². The fourth-order valence-corrected chi connectivity index (χ4v) is 3.08. The molecule has 0 spiro atoms. The Bertz CT molecular complexity index is 556. The second-order valence-corrected chi connectivity index (χ2v) is 7.36. The van der Waals surface area contributed by atoms with Gasteiger partial charge in [0.05, 0.1) is 4.90 Å². The summed E-state index contributed by atoms with van der Waals surface area (Å²) in [6.45, 7) is 4.82. The molecule has 0 saturated heterocycles. The molecule has 1 aromatic rings. The Balaban J connectivity index is 1.93. The lowest BCUT2D eigenvalue weighted by Gasteiger charge is -2.14. The van der Waals surface area contributed by atoms with Crippen LogP contribution in [0.4, 0.5) is 0 Å². The van der Waals surface area contributed by atoms with Gasteiger partial charge in [-0.05, 0) is 44.1 Å². The van der Waals surface area contributed by atoms with Gasteiger partial charge in [-0.2, -0.15) is 0 Å². The Morgan fingerprint density at radius 1 is 1.33 bits per heavy atom. The van der Waals surface area contributed by atoms with Gasteiger partial charge in [0.25, 0.3) is 0 Å². The van der Waals surface area contributed by atoms with Gasteiger partial charge in [-0.3, -0.25) is 0 Å². The van der Waals surface area contributed by atoms with Crippen molar-refractivity contribution in [2.24, 2.45) is 0 Å². The number of hydrogen-bond acceptors (Lipinski definition) is 4. The number of rotatable bonds is 9. The molecule has 1 saturated carbocycles. The Kier molecular flexibility index (Phi) is 5.75. The highest BCUT2D eigenvalue weighted by Crippen LogP contribution is 2.19. The van der Waals surface area contributed by atoms with Crippen molar-refractivity contribution in [2.75, 3.05) is 26.7 Å². The fraction of sp³-hybridized carbons (Fsp3) is 0.600. The van der Waals surface area contributed by atoms with Crippen LogP contribution in [0, 0.1) is 0 Å². The largest absolute Gasteiger partial charge is 0.310 e. The normalized spacial score (nSPS) is 15.6. The van der Waals surface area contributed by atoms with Gasteiger partial charge in [0, 0.05) is 25.7 Å². The van der Waals surface area contributed by atoms with Gasteiger partial charge in [-0.1, -0.05) is 19.1 Å². The van der Waals surface area contributed by atoms with E-state index in [1.807, 2.05) is 20.0 Å². The lowest BCUT2D eigenvalue weighted by atomic mass is 10.2. The van der Waals surface area contributed by atoms with Gasteiger partial charge in [0.2, 0.25) is 10.0 Å². The van der Waals surface area contributed by atoms with Crippen molar-refractivity contribution in [1.29, 1.82) is 0 Å². The smallest absolute Gasteiger partial charge is 0.240 e. The fourth-order valence-electron chi connectivity index (χ4n) is 1.98. The summed E-state index contributed by atoms with van der Waals surface area (Å²) >= 11 is 0. The van der Waals surface area contributed by atoms with Crippen LogP contribution in [0.15, 0.2) is 29.2 Å². The van der Waals surface area contributed by atoms with Crippen LogP contribution in [0.1, 0.15) is 25.3 Å². The number of sulfonamides is 1. The number of nitrogens with one attached hydrogen (secondary N) is 2. The maximum atomic E-state index is 12.3. The van der Waals surface area contributed by atoms with E-state index in [2.05, 4.69) is 14.9 Å². The predicted molar refractivity (Wildman–Crippen MR) is 84.7 cm³/mol. The number of nitrogens with zero attached hydrogens (tertiary/aromatic N) is 1. The summed E-state index contributed by atoms with van der Waals surface area (Å²) in [6, 6.07) is 7.77. The van der Waals surface area contributed by atoms with Crippen molar-refractivity contribution in [1.82, 2.24) is 14.9 Å². The Hall–Kier alpha value is -0.950. The number of benzene rings is 1. The maximum Gasteiger partial charge on any atom is 0.240 e. The molecule has 1 aliphatic rings. The minimum absolute atomic E-state index is 0.344. The van der Waals surface area contributed by atoms with Crippen molar-refractivity contribution in [3.05, 3.63) is 29.8 Å². The molecule has 118 valence electrons. The van der Waals surface area contributed by atoms with Gasteiger partial charge in [-0.25, -0.2) is 13.1 Å². The van der Waals surface area contributed by atoms with Gasteiger partial charge < -0.3 is 10.2 Å². The van der Waals surface area contributed by atoms with Crippen LogP contribution >= 0.6 is 0 Å². The highest BCUT2D eigenvalue weighted by atomic mass is 32.2. The molecule has 0 unspecified atom stereocenters. The summed E-state index contributed by atoms with van der Waals surface area (Å²) in [6.07, 6.45) is 2.45. The molecule has 0 bridgehead atoms. The van der Waals surface area contributed by atoms with Crippen LogP contribution < -0.4 is 10.0 Å². The van der Waals surface area contributed by atoms with E-state index in [9.17, 15) is 8.42 Å². The molecular formula is C15H25N3O2S. The van der Waals surface area contributed by atoms with E-state index in [4.69, 9.17) is 0 Å². The third kappa shape index (κ3) is 5.39. The van der Waals surface area contributed by atoms with Crippen LogP contribution in [0.2, 0.25) is 0 Å². The maximum absolute atomic E-state index is 12.3. The molecule has 0 aliphatic heterocycles. The zero-order valence-corrected chi connectivity index (χ0v) is 13.6. The zero-order chi connectivity index (χ0) is 15.3. The highest BCUT2D eigenvalue weighted by molar-refractivity contribution is 7.89. The minimum Gasteiger partial charge on any atom is -0.310 e. The molecule has 6 heteroatoms. The van der Waals surface area contributed by atoms with E-state index in [-0.39, 0.29) is 0 Å². The molecule has 2 N–H and O–H groups in total. The standard InChI is InChI=1S/C15H25N3O2S/c1-3-18(2)10-9-17-21(19,20)15-6-4-5-13(11-15)12-16-14-7-8-14/h4-6,11,14,16-17H,3,7-10,12H2,1-2H3. The number of likely N-dealkylation sites (N-methyl/N-ethyl adjacent to an activating group) is 1. The molecular weight excluding hydrogens is 286 g/mol. The summed E-state index contributed by atoms with van der Waals surface area (Å²) in [5.41, 5.74) is 1.01. The SMILES string of the molecule is CCN(C)CCNS(=O)(=O)c1cccc(CNC2CC2)c1. The molecule has 5 nitrogen and oxygen atoms in total. The Labute approximate surface area is 127 Å². The van der Waals surface area contributed by atoms with E-state index in [0.29, 0.717) is 24.0 Å². The van der Waals surface area contributed by atoms with Crippen LogP contribution in [-0.2, 0) is 16.6 Å². The summed E-state index contributed by atoms with van der Waals surface area (Å²) in [7, 11) is -1.44. The molecule has 0 atom stereocenters. The molecule has 0 radical (unpaired) electrons. The third-order valence-corrected chi connectivity index (χ3v) is 5.17. The average Bonchev–Trinajstić information content (AvgIpc) is 3.29. The van der Waals surface area contributed by atoms with E-state index >= 15 is 0 Å². The van der Waals surface area contributed by atoms with E-state index in [1.165, 1.54) is 12.8 Å². The molecule has 2 rings (SSSR count). The highest BCUT2D eigenvalue weighted by Gasteiger charge is 2.20. The van der Waals surface area contributed by atoms with Crippen LogP contribution in [0.25, 0.3) is 0 Å². The van der Waals surface area contributed by atoms with Gasteiger partial charge in [0.15, 0.2) is 0 Å². The first-order valence-electron chi connectivity index (χ1n) is 7.52. The second kappa shape index (κ2) is 7.35. The summed E-state index contributed by atoms with van der Waals surface area (Å²) < 4.78 is 27.2. The Morgan fingerprint density at radius 3 is 2.76 bits per heavy atom. The van der Waals surface area contributed by atoms with Crippen molar-refractivity contribution < 1.29 is 8.42 Å². The third-order valence-electron chi connectivity index (χ3n) is 3.71. The van der Waals surface area contributed by atoms with Gasteiger partial charge in [-0.15, -0.1) is 0 Å². The topological polar surface area (TPSA) is 61.4 Å². The predicted octanol–water partition coefficient (Wildman–Crippen LogP) is 1.17. The zero-order valence-electron chi connectivity index (χ0n) is 12.8. The first-order chi connectivity index (χ1) is 10.0. The number of hydrogen-bond donors (Lipinski definition) is 2. The van der Waals surface area contributed by atoms with E-state index in [1.54, 1.807) is 18.2 Å². The summed E-state index contributed by atoms with van der Waals surface area (Å²) in [5, 5.41) is 3.40. The van der Waals surface area contributed by atoms with E-state index < -0.39 is 10.0 Å². The van der Waals surface area contributed by atoms with Gasteiger partial charge >= 0.3 is 0 Å². The average molecular weight is 311 g/mol. The first kappa shape index (κ1) is 16.4. The van der Waals surface area contributed by atoms with E-state index in [0.717, 1.165) is 18.7 Å². The lowest BCUT2D eigenvalue weighted by molar-refractivity contribution is 0.358. The first-order valence-corrected chi connectivity index (χ1v) is 9.00. The molecule has 1 aromatic carbocycles. The Morgan fingerprint density at radius 2 is 2.10 bits per heavy atom. The lowest BCUT2D eigenvalue weighted by Crippen LogP contribution is -2.33. The van der Waals surface area contributed by atoms with Gasteiger partial charge in [0.1, 0.15) is 0 Å². The quantitative estimate of drug-likeness (QED) is 0.719. The monoisotopic (exact) mass is 311 g/mol. The second-order valence-electron chi connectivity index (χ2n) is 5.60. The minimum atomic E-state index is -3.41. The molecule has 0 aromatic heterocycles. The molecule has 0 amide bonds. The van der Waals surface area contributed by atoms with Crippen molar-refractivity contribution in [2.45, 2.75) is 37.2 Å². The van der Waals surface area contributed by atoms with Crippen LogP contribution in [0.5, 0.6) is 0 Å². The molecule has 1 fully saturated rings. The summed E-state index contributed by atoms with van der Waals surface area (Å²) in [4.78, 5) is 2.41. The molecule has 0 heterocycles. The summed E-state index contributed by atoms with van der Waals surface area (Å²) in [5.74, 6) is 0. The van der Waals surface area contributed by atoms with Crippen molar-refractivity contribution >= 4 is 10.0 Å². The molecule has 1 aliphatic carbocycles. The molecule has 21 heavy (non-hydrogen) atoms.